The third-order valence-electron chi connectivity index (χ3n) is 3.78. The number of benzene rings is 1. The van der Waals surface area contributed by atoms with Gasteiger partial charge >= 0.3 is 0 Å². The van der Waals surface area contributed by atoms with E-state index in [-0.39, 0.29) is 0 Å². The number of imidazole rings is 1. The van der Waals surface area contributed by atoms with E-state index in [2.05, 4.69) is 57.3 Å². The molecule has 0 saturated heterocycles. The van der Waals surface area contributed by atoms with Crippen LogP contribution in [0.4, 0.5) is 5.95 Å². The van der Waals surface area contributed by atoms with E-state index in [0.29, 0.717) is 0 Å². The Balaban J connectivity index is 1.66. The van der Waals surface area contributed by atoms with Crippen LogP contribution in [0.5, 0.6) is 0 Å². The summed E-state index contributed by atoms with van der Waals surface area (Å²) in [6.07, 6.45) is 4.78. The lowest BCUT2D eigenvalue weighted by Gasteiger charge is -2.16. The number of nitrogens with zero attached hydrogens (tertiary/aromatic N) is 3. The number of hydrogen-bond acceptors (Lipinski definition) is 3. The minimum atomic E-state index is 0.812. The summed E-state index contributed by atoms with van der Waals surface area (Å²) in [5.41, 5.74) is 2.18. The summed E-state index contributed by atoms with van der Waals surface area (Å²) in [6, 6.07) is 11.1. The number of aryl methyl sites for hydroxylation is 1. The van der Waals surface area contributed by atoms with Gasteiger partial charge in [0.1, 0.15) is 0 Å². The van der Waals surface area contributed by atoms with Crippen LogP contribution >= 0.6 is 0 Å². The van der Waals surface area contributed by atoms with E-state index in [0.717, 1.165) is 36.5 Å². The van der Waals surface area contributed by atoms with Crippen LogP contribution < -0.4 is 5.32 Å². The quantitative estimate of drug-likeness (QED) is 0.876. The summed E-state index contributed by atoms with van der Waals surface area (Å²) in [5.74, 6) is 0.929. The van der Waals surface area contributed by atoms with Gasteiger partial charge in [-0.25, -0.2) is 4.98 Å². The van der Waals surface area contributed by atoms with Crippen LogP contribution in [0.2, 0.25) is 0 Å². The third kappa shape index (κ3) is 3.02. The molecule has 2 aromatic rings. The molecule has 106 valence electrons. The Morgan fingerprint density at radius 3 is 2.75 bits per heavy atom. The summed E-state index contributed by atoms with van der Waals surface area (Å²) in [4.78, 5) is 7.00. The van der Waals surface area contributed by atoms with Crippen molar-refractivity contribution in [1.29, 1.82) is 0 Å². The van der Waals surface area contributed by atoms with Crippen molar-refractivity contribution in [2.24, 2.45) is 0 Å². The van der Waals surface area contributed by atoms with Gasteiger partial charge in [-0.3, -0.25) is 4.57 Å². The summed E-state index contributed by atoms with van der Waals surface area (Å²) >= 11 is 0. The standard InChI is InChI=1S/C16H22N4/c1-13-12-20(15-6-4-3-5-7-15)16(18-13)17-10-11-19(2)14-8-9-14/h3-7,12,14H,8-11H2,1-2H3,(H,17,18). The van der Waals surface area contributed by atoms with E-state index in [4.69, 9.17) is 0 Å². The van der Waals surface area contributed by atoms with Gasteiger partial charge in [-0.05, 0) is 38.9 Å². The number of nitrogens with one attached hydrogen (secondary N) is 1. The Hall–Kier alpha value is -1.81. The molecule has 20 heavy (non-hydrogen) atoms. The predicted molar refractivity (Wildman–Crippen MR) is 82.4 cm³/mol. The number of aromatic nitrogens is 2. The number of hydrogen-bond donors (Lipinski definition) is 1. The minimum absolute atomic E-state index is 0.812. The fourth-order valence-electron chi connectivity index (χ4n) is 2.45. The van der Waals surface area contributed by atoms with Gasteiger partial charge in [0.25, 0.3) is 0 Å². The molecule has 0 aliphatic heterocycles. The Morgan fingerprint density at radius 1 is 1.30 bits per heavy atom. The lowest BCUT2D eigenvalue weighted by atomic mass is 10.3. The van der Waals surface area contributed by atoms with Crippen LogP contribution in [-0.4, -0.2) is 40.6 Å². The zero-order chi connectivity index (χ0) is 13.9. The maximum Gasteiger partial charge on any atom is 0.207 e. The van der Waals surface area contributed by atoms with Crippen molar-refractivity contribution in [2.75, 3.05) is 25.5 Å². The molecular formula is C16H22N4. The summed E-state index contributed by atoms with van der Waals surface area (Å²) < 4.78 is 2.12. The molecule has 1 N–H and O–H groups in total. The molecule has 0 spiro atoms. The minimum Gasteiger partial charge on any atom is -0.354 e. The molecule has 0 radical (unpaired) electrons. The van der Waals surface area contributed by atoms with Crippen molar-refractivity contribution in [3.63, 3.8) is 0 Å². The van der Waals surface area contributed by atoms with Gasteiger partial charge in [0.05, 0.1) is 5.69 Å². The zero-order valence-corrected chi connectivity index (χ0v) is 12.2. The van der Waals surface area contributed by atoms with Crippen LogP contribution in [0.1, 0.15) is 18.5 Å². The van der Waals surface area contributed by atoms with Crippen LogP contribution in [0, 0.1) is 6.92 Å². The van der Waals surface area contributed by atoms with Crippen LogP contribution in [0.3, 0.4) is 0 Å². The predicted octanol–water partition coefficient (Wildman–Crippen LogP) is 2.69. The molecule has 4 heteroatoms. The van der Waals surface area contributed by atoms with E-state index in [1.54, 1.807) is 0 Å². The van der Waals surface area contributed by atoms with Crippen LogP contribution in [0.15, 0.2) is 36.5 Å². The Kier molecular flexibility index (Phi) is 3.74. The first-order valence-electron chi connectivity index (χ1n) is 7.29. The van der Waals surface area contributed by atoms with Gasteiger partial charge in [-0.2, -0.15) is 0 Å². The summed E-state index contributed by atoms with van der Waals surface area (Å²) in [5, 5.41) is 3.46. The first-order chi connectivity index (χ1) is 9.74. The molecule has 3 rings (SSSR count). The van der Waals surface area contributed by atoms with E-state index in [9.17, 15) is 0 Å². The molecule has 1 heterocycles. The molecule has 0 bridgehead atoms. The summed E-state index contributed by atoms with van der Waals surface area (Å²) in [7, 11) is 2.20. The van der Waals surface area contributed by atoms with Crippen molar-refractivity contribution in [3.8, 4) is 5.69 Å². The second kappa shape index (κ2) is 5.67. The van der Waals surface area contributed by atoms with Crippen LogP contribution in [-0.2, 0) is 0 Å². The highest BCUT2D eigenvalue weighted by atomic mass is 15.2. The van der Waals surface area contributed by atoms with Gasteiger partial charge < -0.3 is 10.2 Å². The zero-order valence-electron chi connectivity index (χ0n) is 12.2. The van der Waals surface area contributed by atoms with Crippen LogP contribution in [0.25, 0.3) is 5.69 Å². The smallest absolute Gasteiger partial charge is 0.207 e. The fourth-order valence-corrected chi connectivity index (χ4v) is 2.45. The maximum absolute atomic E-state index is 4.58. The van der Waals surface area contributed by atoms with Gasteiger partial charge in [0.15, 0.2) is 0 Å². The molecule has 1 aliphatic carbocycles. The van der Waals surface area contributed by atoms with Gasteiger partial charge in [0, 0.05) is 31.0 Å². The average molecular weight is 270 g/mol. The monoisotopic (exact) mass is 270 g/mol. The van der Waals surface area contributed by atoms with Crippen molar-refractivity contribution in [1.82, 2.24) is 14.5 Å². The number of para-hydroxylation sites is 1. The van der Waals surface area contributed by atoms with Gasteiger partial charge in [0.2, 0.25) is 5.95 Å². The topological polar surface area (TPSA) is 33.1 Å². The second-order valence-corrected chi connectivity index (χ2v) is 5.55. The largest absolute Gasteiger partial charge is 0.354 e. The average Bonchev–Trinajstić information content (AvgIpc) is 3.24. The Morgan fingerprint density at radius 2 is 2.05 bits per heavy atom. The number of rotatable bonds is 6. The lowest BCUT2D eigenvalue weighted by molar-refractivity contribution is 0.337. The van der Waals surface area contributed by atoms with E-state index < -0.39 is 0 Å². The highest BCUT2D eigenvalue weighted by Gasteiger charge is 2.25. The molecule has 1 aliphatic rings. The Labute approximate surface area is 120 Å². The first-order valence-corrected chi connectivity index (χ1v) is 7.29. The Bertz CT molecular complexity index is 557. The summed E-state index contributed by atoms with van der Waals surface area (Å²) in [6.45, 7) is 4.02. The van der Waals surface area contributed by atoms with Crippen molar-refractivity contribution in [2.45, 2.75) is 25.8 Å². The fraction of sp³-hybridized carbons (Fsp3) is 0.438. The molecule has 1 aromatic carbocycles. The first kappa shape index (κ1) is 13.2. The molecule has 4 nitrogen and oxygen atoms in total. The van der Waals surface area contributed by atoms with E-state index >= 15 is 0 Å². The normalized spacial score (nSPS) is 14.8. The number of likely N-dealkylation sites (N-methyl/N-ethyl adjacent to an activating group) is 1. The van der Waals surface area contributed by atoms with Crippen molar-refractivity contribution >= 4 is 5.95 Å². The van der Waals surface area contributed by atoms with Crippen molar-refractivity contribution in [3.05, 3.63) is 42.2 Å². The second-order valence-electron chi connectivity index (χ2n) is 5.55. The third-order valence-corrected chi connectivity index (χ3v) is 3.78. The number of anilines is 1. The molecule has 0 unspecified atom stereocenters. The molecule has 1 saturated carbocycles. The molecular weight excluding hydrogens is 248 g/mol. The van der Waals surface area contributed by atoms with E-state index in [1.807, 2.05) is 13.0 Å². The van der Waals surface area contributed by atoms with Gasteiger partial charge in [-0.1, -0.05) is 18.2 Å². The van der Waals surface area contributed by atoms with Gasteiger partial charge in [-0.15, -0.1) is 0 Å². The maximum atomic E-state index is 4.58. The van der Waals surface area contributed by atoms with Crippen molar-refractivity contribution < 1.29 is 0 Å². The lowest BCUT2D eigenvalue weighted by Crippen LogP contribution is -2.27. The SMILES string of the molecule is Cc1cn(-c2ccccc2)c(NCCN(C)C2CC2)n1. The molecule has 0 amide bonds. The molecule has 1 aromatic heterocycles. The molecule has 1 fully saturated rings. The highest BCUT2D eigenvalue weighted by molar-refractivity contribution is 5.42. The molecule has 0 atom stereocenters. The van der Waals surface area contributed by atoms with E-state index in [1.165, 1.54) is 12.8 Å². The highest BCUT2D eigenvalue weighted by Crippen LogP contribution is 2.24.